The highest BCUT2D eigenvalue weighted by Crippen LogP contribution is 2.76. The fourth-order valence-electron chi connectivity index (χ4n) is 7.94. The lowest BCUT2D eigenvalue weighted by Crippen LogP contribution is -2.62. The lowest BCUT2D eigenvalue weighted by atomic mass is 9.46. The van der Waals surface area contributed by atoms with Gasteiger partial charge in [0.25, 0.3) is 0 Å². The highest BCUT2D eigenvalue weighted by molar-refractivity contribution is 6.01. The molecule has 5 rings (SSSR count). The standard InChI is InChI=1S/C25H32O6/c1-5-21(28)30-13-19(27)24(29)14(2)10-18-17-7-6-15-11-16(26)8-9-22(15,3)25(17)20(31-25)12-23(18,24)4/h8-9,11,14,17-18,20,29H,5-7,10,12-13H2,1-4H3/t14-,17-,18+,20-,22-,23-,24+,25+/m0/s1. The molecule has 1 heterocycles. The van der Waals surface area contributed by atoms with Gasteiger partial charge in [0.1, 0.15) is 11.2 Å². The number of carbonyl (C=O) groups excluding carboxylic acids is 3. The smallest absolute Gasteiger partial charge is 0.305 e. The number of hydrogen-bond acceptors (Lipinski definition) is 6. The molecule has 6 heteroatoms. The first kappa shape index (κ1) is 21.1. The number of fused-ring (bicyclic) bond motifs is 3. The van der Waals surface area contributed by atoms with Gasteiger partial charge < -0.3 is 14.6 Å². The monoisotopic (exact) mass is 428 g/mol. The average Bonchev–Trinajstić information content (AvgIpc) is 3.42. The third-order valence-corrected chi connectivity index (χ3v) is 9.59. The summed E-state index contributed by atoms with van der Waals surface area (Å²) in [5.41, 5.74) is -1.71. The zero-order valence-electron chi connectivity index (χ0n) is 18.8. The van der Waals surface area contributed by atoms with Crippen molar-refractivity contribution in [1.29, 1.82) is 0 Å². The van der Waals surface area contributed by atoms with Crippen LogP contribution in [0.5, 0.6) is 0 Å². The Morgan fingerprint density at radius 1 is 1.29 bits per heavy atom. The lowest BCUT2D eigenvalue weighted by Gasteiger charge is -2.55. The molecule has 1 spiro atoms. The SMILES string of the molecule is CCC(=O)OCC(=O)[C@]1(O)[C@@H](C)C[C@@H]2[C@@H]3CCC4=CC(=O)C=C[C@]4(C)[C@@]34O[C@H]4C[C@@]21C. The fraction of sp³-hybridized carbons (Fsp3) is 0.720. The second kappa shape index (κ2) is 6.38. The summed E-state index contributed by atoms with van der Waals surface area (Å²) in [6, 6.07) is 0. The van der Waals surface area contributed by atoms with Gasteiger partial charge in [-0.1, -0.05) is 32.4 Å². The van der Waals surface area contributed by atoms with Gasteiger partial charge in [-0.3, -0.25) is 14.4 Å². The molecule has 6 nitrogen and oxygen atoms in total. The Labute approximate surface area is 183 Å². The first-order chi connectivity index (χ1) is 14.5. The van der Waals surface area contributed by atoms with Crippen molar-refractivity contribution < 1.29 is 29.0 Å². The quantitative estimate of drug-likeness (QED) is 0.547. The molecule has 5 aliphatic rings. The van der Waals surface area contributed by atoms with Crippen molar-refractivity contribution in [3.63, 3.8) is 0 Å². The average molecular weight is 429 g/mol. The molecule has 0 aromatic carbocycles. The van der Waals surface area contributed by atoms with Crippen molar-refractivity contribution in [2.45, 2.75) is 77.1 Å². The Hall–Kier alpha value is -1.79. The first-order valence-electron chi connectivity index (χ1n) is 11.6. The van der Waals surface area contributed by atoms with Crippen LogP contribution in [0.4, 0.5) is 0 Å². The van der Waals surface area contributed by atoms with Crippen molar-refractivity contribution in [3.05, 3.63) is 23.8 Å². The summed E-state index contributed by atoms with van der Waals surface area (Å²) in [4.78, 5) is 36.8. The highest BCUT2D eigenvalue weighted by atomic mass is 16.6. The van der Waals surface area contributed by atoms with Gasteiger partial charge >= 0.3 is 5.97 Å². The summed E-state index contributed by atoms with van der Waals surface area (Å²) >= 11 is 0. The third-order valence-electron chi connectivity index (χ3n) is 9.59. The first-order valence-corrected chi connectivity index (χ1v) is 11.6. The minimum Gasteiger partial charge on any atom is -0.458 e. The Morgan fingerprint density at radius 2 is 2.03 bits per heavy atom. The van der Waals surface area contributed by atoms with E-state index >= 15 is 0 Å². The van der Waals surface area contributed by atoms with Crippen LogP contribution in [0.1, 0.15) is 59.8 Å². The van der Waals surface area contributed by atoms with Crippen LogP contribution in [-0.4, -0.2) is 46.6 Å². The van der Waals surface area contributed by atoms with Crippen LogP contribution in [0.25, 0.3) is 0 Å². The molecule has 0 amide bonds. The largest absolute Gasteiger partial charge is 0.458 e. The zero-order valence-corrected chi connectivity index (χ0v) is 18.8. The van der Waals surface area contributed by atoms with Crippen molar-refractivity contribution >= 4 is 17.5 Å². The number of ether oxygens (including phenoxy) is 2. The van der Waals surface area contributed by atoms with Gasteiger partial charge in [0.15, 0.2) is 12.4 Å². The molecule has 0 bridgehead atoms. The van der Waals surface area contributed by atoms with Crippen LogP contribution in [0, 0.1) is 28.6 Å². The van der Waals surface area contributed by atoms with E-state index in [1.807, 2.05) is 19.9 Å². The molecule has 168 valence electrons. The van der Waals surface area contributed by atoms with E-state index in [2.05, 4.69) is 6.92 Å². The molecule has 4 aliphatic carbocycles. The second-order valence-corrected chi connectivity index (χ2v) is 10.7. The molecule has 1 N–H and O–H groups in total. The molecule has 0 radical (unpaired) electrons. The van der Waals surface area contributed by atoms with E-state index in [1.165, 1.54) is 0 Å². The van der Waals surface area contributed by atoms with Gasteiger partial charge in [0.2, 0.25) is 5.78 Å². The van der Waals surface area contributed by atoms with Crippen molar-refractivity contribution in [2.24, 2.45) is 28.6 Å². The number of epoxide rings is 1. The second-order valence-electron chi connectivity index (χ2n) is 10.7. The summed E-state index contributed by atoms with van der Waals surface area (Å²) in [6.07, 6.45) is 8.65. The van der Waals surface area contributed by atoms with Crippen LogP contribution in [-0.2, 0) is 23.9 Å². The maximum atomic E-state index is 13.2. The molecule has 8 atom stereocenters. The summed E-state index contributed by atoms with van der Waals surface area (Å²) in [7, 11) is 0. The molecule has 1 saturated heterocycles. The van der Waals surface area contributed by atoms with E-state index in [4.69, 9.17) is 9.47 Å². The molecular weight excluding hydrogens is 396 g/mol. The Morgan fingerprint density at radius 3 is 2.74 bits per heavy atom. The summed E-state index contributed by atoms with van der Waals surface area (Å²) in [6.45, 7) is 7.45. The fourth-order valence-corrected chi connectivity index (χ4v) is 7.94. The lowest BCUT2D eigenvalue weighted by molar-refractivity contribution is -0.171. The summed E-state index contributed by atoms with van der Waals surface area (Å²) in [5, 5.41) is 11.9. The van der Waals surface area contributed by atoms with Crippen LogP contribution < -0.4 is 0 Å². The van der Waals surface area contributed by atoms with E-state index in [1.54, 1.807) is 19.1 Å². The van der Waals surface area contributed by atoms with E-state index in [9.17, 15) is 19.5 Å². The number of aliphatic hydroxyl groups is 1. The number of carbonyl (C=O) groups is 3. The highest BCUT2D eigenvalue weighted by Gasteiger charge is 2.82. The molecule has 3 saturated carbocycles. The van der Waals surface area contributed by atoms with Crippen LogP contribution >= 0.6 is 0 Å². The van der Waals surface area contributed by atoms with Crippen molar-refractivity contribution in [3.8, 4) is 0 Å². The topological polar surface area (TPSA) is 93.2 Å². The molecule has 0 unspecified atom stereocenters. The van der Waals surface area contributed by atoms with Gasteiger partial charge in [-0.25, -0.2) is 0 Å². The van der Waals surface area contributed by atoms with Gasteiger partial charge in [-0.05, 0) is 62.5 Å². The van der Waals surface area contributed by atoms with Crippen molar-refractivity contribution in [1.82, 2.24) is 0 Å². The maximum Gasteiger partial charge on any atom is 0.305 e. The predicted molar refractivity (Wildman–Crippen MR) is 112 cm³/mol. The van der Waals surface area contributed by atoms with Crippen LogP contribution in [0.3, 0.4) is 0 Å². The van der Waals surface area contributed by atoms with Gasteiger partial charge in [0, 0.05) is 17.3 Å². The Bertz CT molecular complexity index is 934. The summed E-state index contributed by atoms with van der Waals surface area (Å²) < 4.78 is 11.6. The number of ketones is 2. The Balaban J connectivity index is 1.49. The van der Waals surface area contributed by atoms with Crippen LogP contribution in [0.15, 0.2) is 23.8 Å². The number of allylic oxidation sites excluding steroid dienone is 2. The van der Waals surface area contributed by atoms with Gasteiger partial charge in [0.05, 0.1) is 6.10 Å². The number of hydrogen-bond donors (Lipinski definition) is 1. The van der Waals surface area contributed by atoms with E-state index in [0.717, 1.165) is 24.8 Å². The number of rotatable bonds is 4. The number of Topliss-reactive ketones (excluding diaryl/α,β-unsaturated/α-hetero) is 1. The van der Waals surface area contributed by atoms with Crippen molar-refractivity contribution in [2.75, 3.05) is 6.61 Å². The molecule has 4 fully saturated rings. The van der Waals surface area contributed by atoms with Crippen LogP contribution in [0.2, 0.25) is 0 Å². The molecular formula is C25H32O6. The van der Waals surface area contributed by atoms with Gasteiger partial charge in [-0.2, -0.15) is 0 Å². The molecule has 0 aromatic heterocycles. The number of esters is 1. The van der Waals surface area contributed by atoms with E-state index in [0.29, 0.717) is 6.42 Å². The zero-order chi connectivity index (χ0) is 22.4. The normalized spacial score (nSPS) is 49.3. The third kappa shape index (κ3) is 2.38. The molecule has 31 heavy (non-hydrogen) atoms. The van der Waals surface area contributed by atoms with E-state index in [-0.39, 0.29) is 53.7 Å². The van der Waals surface area contributed by atoms with E-state index < -0.39 is 22.8 Å². The minimum atomic E-state index is -1.54. The predicted octanol–water partition coefficient (Wildman–Crippen LogP) is 2.93. The maximum absolute atomic E-state index is 13.2. The molecule has 0 aromatic rings. The van der Waals surface area contributed by atoms with Gasteiger partial charge in [-0.15, -0.1) is 0 Å². The Kier molecular flexibility index (Phi) is 4.34. The molecule has 1 aliphatic heterocycles. The summed E-state index contributed by atoms with van der Waals surface area (Å²) in [5.74, 6) is -0.684. The minimum absolute atomic E-state index is 0.0382.